The first-order valence-electron chi connectivity index (χ1n) is 11.9. The Morgan fingerprint density at radius 3 is 2.17 bits per heavy atom. The van der Waals surface area contributed by atoms with Gasteiger partial charge in [-0.1, -0.05) is 24.3 Å². The molecular weight excluding hydrogens is 370 g/mol. The molecule has 0 spiro atoms. The molecule has 3 heterocycles. The van der Waals surface area contributed by atoms with Gasteiger partial charge in [0.05, 0.1) is 6.54 Å². The summed E-state index contributed by atoms with van der Waals surface area (Å²) < 4.78 is 2.14. The van der Waals surface area contributed by atoms with Crippen LogP contribution in [-0.2, 0) is 20.1 Å². The molecule has 1 aliphatic carbocycles. The van der Waals surface area contributed by atoms with Crippen LogP contribution in [0.2, 0.25) is 0 Å². The van der Waals surface area contributed by atoms with E-state index in [2.05, 4.69) is 55.6 Å². The van der Waals surface area contributed by atoms with Crippen molar-refractivity contribution in [3.05, 3.63) is 53.6 Å². The molecule has 0 amide bonds. The van der Waals surface area contributed by atoms with Gasteiger partial charge in [-0.3, -0.25) is 9.80 Å². The summed E-state index contributed by atoms with van der Waals surface area (Å²) in [5.74, 6) is 2.86. The number of benzene rings is 1. The van der Waals surface area contributed by atoms with Gasteiger partial charge in [0.2, 0.25) is 0 Å². The molecule has 5 nitrogen and oxygen atoms in total. The Labute approximate surface area is 181 Å². The van der Waals surface area contributed by atoms with E-state index in [9.17, 15) is 0 Å². The molecule has 2 aromatic rings. The summed E-state index contributed by atoms with van der Waals surface area (Å²) >= 11 is 0. The normalized spacial score (nSPS) is 26.2. The number of hydrogen-bond acceptors (Lipinski definition) is 4. The van der Waals surface area contributed by atoms with Crippen molar-refractivity contribution in [3.8, 4) is 0 Å². The fraction of sp³-hybridized carbons (Fsp3) is 0.640. The van der Waals surface area contributed by atoms with Gasteiger partial charge in [-0.05, 0) is 61.7 Å². The van der Waals surface area contributed by atoms with Crippen LogP contribution in [0.4, 0.5) is 0 Å². The first-order valence-corrected chi connectivity index (χ1v) is 11.9. The minimum absolute atomic E-state index is 0.792. The molecule has 162 valence electrons. The lowest BCUT2D eigenvalue weighted by Gasteiger charge is -2.41. The highest BCUT2D eigenvalue weighted by Gasteiger charge is 2.32. The van der Waals surface area contributed by atoms with Crippen LogP contribution in [0.1, 0.15) is 48.6 Å². The molecule has 2 saturated heterocycles. The highest BCUT2D eigenvalue weighted by atomic mass is 15.3. The van der Waals surface area contributed by atoms with Crippen LogP contribution in [-0.4, -0.2) is 70.1 Å². The number of piperazine rings is 1. The van der Waals surface area contributed by atoms with Gasteiger partial charge < -0.3 is 9.47 Å². The zero-order chi connectivity index (χ0) is 20.3. The van der Waals surface area contributed by atoms with Gasteiger partial charge in [-0.25, -0.2) is 4.98 Å². The number of likely N-dealkylation sites (tertiary alicyclic amines) is 1. The van der Waals surface area contributed by atoms with Crippen molar-refractivity contribution in [1.29, 1.82) is 0 Å². The van der Waals surface area contributed by atoms with Gasteiger partial charge in [0.1, 0.15) is 5.82 Å². The molecule has 0 radical (unpaired) electrons. The highest BCUT2D eigenvalue weighted by molar-refractivity contribution is 5.27. The molecule has 30 heavy (non-hydrogen) atoms. The second-order valence-corrected chi connectivity index (χ2v) is 9.79. The van der Waals surface area contributed by atoms with Crippen molar-refractivity contribution in [2.24, 2.45) is 13.0 Å². The number of aryl methyl sites for hydroxylation is 1. The Hall–Kier alpha value is -1.69. The lowest BCUT2D eigenvalue weighted by molar-refractivity contribution is 0.0885. The first kappa shape index (κ1) is 20.2. The summed E-state index contributed by atoms with van der Waals surface area (Å²) in [6.07, 6.45) is 9.44. The van der Waals surface area contributed by atoms with Crippen molar-refractivity contribution in [2.45, 2.75) is 44.7 Å². The van der Waals surface area contributed by atoms with E-state index in [0.29, 0.717) is 0 Å². The highest BCUT2D eigenvalue weighted by Crippen LogP contribution is 2.42. The Morgan fingerprint density at radius 1 is 0.833 bits per heavy atom. The van der Waals surface area contributed by atoms with Crippen LogP contribution in [0.5, 0.6) is 0 Å². The number of rotatable bonds is 7. The summed E-state index contributed by atoms with van der Waals surface area (Å²) in [6, 6.07) is 9.56. The lowest BCUT2D eigenvalue weighted by Crippen LogP contribution is -2.48. The van der Waals surface area contributed by atoms with Crippen LogP contribution in [0.15, 0.2) is 36.7 Å². The van der Waals surface area contributed by atoms with Crippen molar-refractivity contribution >= 4 is 0 Å². The molecule has 0 bridgehead atoms. The largest absolute Gasteiger partial charge is 0.337 e. The fourth-order valence-corrected chi connectivity index (χ4v) is 5.50. The van der Waals surface area contributed by atoms with Gasteiger partial charge in [-0.2, -0.15) is 0 Å². The average molecular weight is 408 g/mol. The molecule has 2 aliphatic heterocycles. The van der Waals surface area contributed by atoms with Crippen LogP contribution >= 0.6 is 0 Å². The quantitative estimate of drug-likeness (QED) is 0.704. The van der Waals surface area contributed by atoms with E-state index < -0.39 is 0 Å². The molecule has 1 aromatic heterocycles. The van der Waals surface area contributed by atoms with E-state index in [1.54, 1.807) is 5.56 Å². The minimum Gasteiger partial charge on any atom is -0.337 e. The summed E-state index contributed by atoms with van der Waals surface area (Å²) in [7, 11) is 2.09. The molecule has 5 heteroatoms. The zero-order valence-corrected chi connectivity index (χ0v) is 18.5. The second-order valence-electron chi connectivity index (χ2n) is 9.79. The van der Waals surface area contributed by atoms with E-state index >= 15 is 0 Å². The van der Waals surface area contributed by atoms with Gasteiger partial charge >= 0.3 is 0 Å². The maximum absolute atomic E-state index is 4.47. The molecule has 0 N–H and O–H groups in total. The third-order valence-corrected chi connectivity index (χ3v) is 7.56. The average Bonchev–Trinajstić information content (AvgIpc) is 3.39. The molecule has 0 atom stereocenters. The summed E-state index contributed by atoms with van der Waals surface area (Å²) in [5.41, 5.74) is 3.05. The first-order chi connectivity index (χ1) is 14.7. The van der Waals surface area contributed by atoms with Gasteiger partial charge in [-0.15, -0.1) is 0 Å². The van der Waals surface area contributed by atoms with Crippen LogP contribution < -0.4 is 0 Å². The van der Waals surface area contributed by atoms with Crippen molar-refractivity contribution < 1.29 is 0 Å². The number of nitrogens with zero attached hydrogens (tertiary/aromatic N) is 5. The molecule has 1 aromatic carbocycles. The van der Waals surface area contributed by atoms with E-state index in [1.807, 2.05) is 12.4 Å². The third-order valence-electron chi connectivity index (χ3n) is 7.56. The number of hydrogen-bond donors (Lipinski definition) is 0. The van der Waals surface area contributed by atoms with Crippen LogP contribution in [0, 0.1) is 5.92 Å². The molecule has 1 saturated carbocycles. The third kappa shape index (κ3) is 4.79. The van der Waals surface area contributed by atoms with Crippen molar-refractivity contribution in [2.75, 3.05) is 45.8 Å². The second kappa shape index (κ2) is 9.21. The molecule has 3 fully saturated rings. The number of imidazole rings is 1. The summed E-state index contributed by atoms with van der Waals surface area (Å²) in [6.45, 7) is 10.7. The Balaban J connectivity index is 1.02. The SMILES string of the molecule is Cn1ccnc1CN1CCN(C[C@H]2C[C@H](c3ccc(CN4CCCC4)cc3)C2)CC1. The zero-order valence-electron chi connectivity index (χ0n) is 18.5. The standard InChI is InChI=1S/C25H37N5/c1-27-11-8-26-25(27)20-30-14-12-29(13-15-30)19-22-16-24(17-22)23-6-4-21(5-7-23)18-28-9-2-3-10-28/h4-8,11,22,24H,2-3,9-10,12-20H2,1H3/t22-,24-. The number of aromatic nitrogens is 2. The van der Waals surface area contributed by atoms with E-state index in [4.69, 9.17) is 0 Å². The van der Waals surface area contributed by atoms with Crippen LogP contribution in [0.25, 0.3) is 0 Å². The van der Waals surface area contributed by atoms with E-state index in [-0.39, 0.29) is 0 Å². The summed E-state index contributed by atoms with van der Waals surface area (Å²) in [5, 5.41) is 0. The van der Waals surface area contributed by atoms with E-state index in [0.717, 1.165) is 24.9 Å². The molecule has 5 rings (SSSR count). The molecular formula is C25H37N5. The topological polar surface area (TPSA) is 27.5 Å². The maximum Gasteiger partial charge on any atom is 0.122 e. The Morgan fingerprint density at radius 2 is 1.50 bits per heavy atom. The molecule has 3 aliphatic rings. The minimum atomic E-state index is 0.792. The maximum atomic E-state index is 4.47. The van der Waals surface area contributed by atoms with Crippen LogP contribution in [0.3, 0.4) is 0 Å². The predicted molar refractivity (Wildman–Crippen MR) is 121 cm³/mol. The van der Waals surface area contributed by atoms with Crippen molar-refractivity contribution in [3.63, 3.8) is 0 Å². The predicted octanol–water partition coefficient (Wildman–Crippen LogP) is 3.33. The molecule has 0 unspecified atom stereocenters. The van der Waals surface area contributed by atoms with Gasteiger partial charge in [0.15, 0.2) is 0 Å². The van der Waals surface area contributed by atoms with Gasteiger partial charge in [0, 0.05) is 58.7 Å². The monoisotopic (exact) mass is 407 g/mol. The summed E-state index contributed by atoms with van der Waals surface area (Å²) in [4.78, 5) is 12.3. The van der Waals surface area contributed by atoms with Gasteiger partial charge in [0.25, 0.3) is 0 Å². The van der Waals surface area contributed by atoms with Crippen molar-refractivity contribution in [1.82, 2.24) is 24.3 Å². The lowest BCUT2D eigenvalue weighted by atomic mass is 9.71. The smallest absolute Gasteiger partial charge is 0.122 e. The van der Waals surface area contributed by atoms with E-state index in [1.165, 1.54) is 82.9 Å². The Bertz CT molecular complexity index is 793. The Kier molecular flexibility index (Phi) is 6.21. The fourth-order valence-electron chi connectivity index (χ4n) is 5.50.